The highest BCUT2D eigenvalue weighted by molar-refractivity contribution is 6.32. The van der Waals surface area contributed by atoms with Crippen LogP contribution in [0.2, 0.25) is 5.02 Å². The quantitative estimate of drug-likeness (QED) is 0.880. The minimum atomic E-state index is -0.491. The zero-order chi connectivity index (χ0) is 13.0. The van der Waals surface area contributed by atoms with Gasteiger partial charge in [-0.25, -0.2) is 0 Å². The maximum absolute atomic E-state index is 9.47. The van der Waals surface area contributed by atoms with Crippen LogP contribution in [0.15, 0.2) is 18.2 Å². The molecule has 0 spiro atoms. The minimum absolute atomic E-state index is 0.491. The van der Waals surface area contributed by atoms with Gasteiger partial charge in [0.25, 0.3) is 0 Å². The van der Waals surface area contributed by atoms with Crippen LogP contribution in [-0.2, 0) is 0 Å². The number of hydrogen-bond acceptors (Lipinski definition) is 2. The molecule has 2 rings (SSSR count). The molecule has 100 valence electrons. The molecule has 1 aromatic rings. The van der Waals surface area contributed by atoms with Crippen LogP contribution in [0.25, 0.3) is 0 Å². The fourth-order valence-corrected chi connectivity index (χ4v) is 2.70. The van der Waals surface area contributed by atoms with Crippen molar-refractivity contribution in [3.05, 3.63) is 28.8 Å². The molecule has 1 saturated carbocycles. The van der Waals surface area contributed by atoms with E-state index in [2.05, 4.69) is 0 Å². The summed E-state index contributed by atoms with van der Waals surface area (Å²) in [6.45, 7) is 2.49. The summed E-state index contributed by atoms with van der Waals surface area (Å²) in [7, 11) is 0. The van der Waals surface area contributed by atoms with Crippen molar-refractivity contribution in [1.82, 2.24) is 0 Å². The van der Waals surface area contributed by atoms with Crippen molar-refractivity contribution in [2.75, 3.05) is 6.61 Å². The summed E-state index contributed by atoms with van der Waals surface area (Å²) >= 11 is 6.16. The van der Waals surface area contributed by atoms with Crippen LogP contribution < -0.4 is 4.74 Å². The molecule has 0 aliphatic heterocycles. The third-order valence-corrected chi connectivity index (χ3v) is 3.93. The van der Waals surface area contributed by atoms with Gasteiger partial charge in [0.15, 0.2) is 0 Å². The largest absolute Gasteiger partial charge is 0.492 e. The number of ether oxygens (including phenoxy) is 1. The van der Waals surface area contributed by atoms with Crippen molar-refractivity contribution >= 4 is 11.6 Å². The lowest BCUT2D eigenvalue weighted by molar-refractivity contribution is 0.198. The third kappa shape index (κ3) is 3.63. The molecule has 1 fully saturated rings. The molecule has 2 nitrogen and oxygen atoms in total. The first-order valence-corrected chi connectivity index (χ1v) is 7.15. The summed E-state index contributed by atoms with van der Waals surface area (Å²) in [5, 5.41) is 10.1. The zero-order valence-electron chi connectivity index (χ0n) is 10.9. The van der Waals surface area contributed by atoms with E-state index in [0.717, 1.165) is 17.9 Å². The molecule has 0 heterocycles. The molecule has 1 aliphatic rings. The lowest BCUT2D eigenvalue weighted by Gasteiger charge is -2.22. The number of aliphatic hydroxyl groups excluding tert-OH is 1. The molecule has 0 radical (unpaired) electrons. The maximum atomic E-state index is 9.47. The van der Waals surface area contributed by atoms with E-state index in [4.69, 9.17) is 16.3 Å². The number of rotatable bonds is 4. The fraction of sp³-hybridized carbons (Fsp3) is 0.600. The van der Waals surface area contributed by atoms with Crippen molar-refractivity contribution in [3.8, 4) is 5.75 Å². The van der Waals surface area contributed by atoms with Crippen LogP contribution >= 0.6 is 11.6 Å². The fourth-order valence-electron chi connectivity index (χ4n) is 2.46. The van der Waals surface area contributed by atoms with Crippen LogP contribution in [0.4, 0.5) is 0 Å². The van der Waals surface area contributed by atoms with Crippen molar-refractivity contribution in [2.45, 2.75) is 45.1 Å². The molecule has 1 aromatic carbocycles. The number of halogens is 1. The Balaban J connectivity index is 1.92. The van der Waals surface area contributed by atoms with Crippen LogP contribution in [0.3, 0.4) is 0 Å². The van der Waals surface area contributed by atoms with E-state index in [9.17, 15) is 5.11 Å². The van der Waals surface area contributed by atoms with Crippen LogP contribution in [-0.4, -0.2) is 11.7 Å². The summed E-state index contributed by atoms with van der Waals surface area (Å²) in [5.74, 6) is 1.40. The minimum Gasteiger partial charge on any atom is -0.492 e. The van der Waals surface area contributed by atoms with Gasteiger partial charge in [-0.1, -0.05) is 36.9 Å². The van der Waals surface area contributed by atoms with Crippen molar-refractivity contribution < 1.29 is 9.84 Å². The van der Waals surface area contributed by atoms with Gasteiger partial charge in [-0.15, -0.1) is 0 Å². The molecule has 1 aliphatic carbocycles. The first-order valence-electron chi connectivity index (χ1n) is 6.77. The smallest absolute Gasteiger partial charge is 0.137 e. The van der Waals surface area contributed by atoms with Crippen LogP contribution in [0, 0.1) is 5.92 Å². The van der Waals surface area contributed by atoms with Crippen molar-refractivity contribution in [2.24, 2.45) is 5.92 Å². The van der Waals surface area contributed by atoms with Gasteiger partial charge in [-0.05, 0) is 43.4 Å². The molecule has 1 atom stereocenters. The number of aliphatic hydroxyl groups is 1. The Kier molecular flexibility index (Phi) is 4.90. The van der Waals surface area contributed by atoms with E-state index in [-0.39, 0.29) is 0 Å². The number of benzene rings is 1. The number of hydrogen-bond donors (Lipinski definition) is 1. The van der Waals surface area contributed by atoms with Gasteiger partial charge in [0.2, 0.25) is 0 Å². The monoisotopic (exact) mass is 268 g/mol. The van der Waals surface area contributed by atoms with Crippen LogP contribution in [0.1, 0.15) is 50.7 Å². The zero-order valence-corrected chi connectivity index (χ0v) is 11.6. The van der Waals surface area contributed by atoms with Gasteiger partial charge < -0.3 is 9.84 Å². The molecule has 0 aromatic heterocycles. The normalized spacial score (nSPS) is 18.6. The van der Waals surface area contributed by atoms with E-state index < -0.39 is 6.10 Å². The lowest BCUT2D eigenvalue weighted by atomic mass is 9.90. The predicted octanol–water partition coefficient (Wildman–Crippen LogP) is 4.35. The van der Waals surface area contributed by atoms with E-state index in [1.54, 1.807) is 13.0 Å². The highest BCUT2D eigenvalue weighted by Gasteiger charge is 2.15. The Bertz CT molecular complexity index is 384. The van der Waals surface area contributed by atoms with E-state index >= 15 is 0 Å². The predicted molar refractivity (Wildman–Crippen MR) is 74.2 cm³/mol. The highest BCUT2D eigenvalue weighted by Crippen LogP contribution is 2.30. The second-order valence-electron chi connectivity index (χ2n) is 5.18. The molecule has 18 heavy (non-hydrogen) atoms. The van der Waals surface area contributed by atoms with Gasteiger partial charge in [0, 0.05) is 0 Å². The molecular weight excluding hydrogens is 248 g/mol. The van der Waals surface area contributed by atoms with Gasteiger partial charge >= 0.3 is 0 Å². The molecule has 0 saturated heterocycles. The average molecular weight is 269 g/mol. The topological polar surface area (TPSA) is 29.5 Å². The van der Waals surface area contributed by atoms with Crippen molar-refractivity contribution in [3.63, 3.8) is 0 Å². The molecule has 0 unspecified atom stereocenters. The maximum Gasteiger partial charge on any atom is 0.137 e. The Morgan fingerprint density at radius 3 is 2.67 bits per heavy atom. The summed E-state index contributed by atoms with van der Waals surface area (Å²) in [6.07, 6.45) is 6.05. The Morgan fingerprint density at radius 2 is 2.06 bits per heavy atom. The van der Waals surface area contributed by atoms with E-state index in [0.29, 0.717) is 10.9 Å². The molecule has 1 N–H and O–H groups in total. The molecule has 0 amide bonds. The van der Waals surface area contributed by atoms with Gasteiger partial charge in [-0.3, -0.25) is 0 Å². The van der Waals surface area contributed by atoms with E-state index in [1.807, 2.05) is 12.1 Å². The van der Waals surface area contributed by atoms with Crippen molar-refractivity contribution in [1.29, 1.82) is 0 Å². The first-order chi connectivity index (χ1) is 8.66. The second kappa shape index (κ2) is 6.44. The highest BCUT2D eigenvalue weighted by atomic mass is 35.5. The molecular formula is C15H21ClO2. The van der Waals surface area contributed by atoms with E-state index in [1.165, 1.54) is 32.1 Å². The van der Waals surface area contributed by atoms with Gasteiger partial charge in [-0.2, -0.15) is 0 Å². The second-order valence-corrected chi connectivity index (χ2v) is 5.59. The Hall–Kier alpha value is -0.730. The molecule has 0 bridgehead atoms. The molecule has 3 heteroatoms. The van der Waals surface area contributed by atoms with Crippen LogP contribution in [0.5, 0.6) is 5.75 Å². The summed E-state index contributed by atoms with van der Waals surface area (Å²) in [4.78, 5) is 0. The summed E-state index contributed by atoms with van der Waals surface area (Å²) in [6, 6.07) is 5.50. The third-order valence-electron chi connectivity index (χ3n) is 3.64. The van der Waals surface area contributed by atoms with Gasteiger partial charge in [0.05, 0.1) is 17.7 Å². The Morgan fingerprint density at radius 1 is 1.33 bits per heavy atom. The summed E-state index contributed by atoms with van der Waals surface area (Å²) < 4.78 is 5.80. The SMILES string of the molecule is C[C@@H](O)c1ccc(OCC2CCCCC2)c(Cl)c1. The first kappa shape index (κ1) is 13.7. The summed E-state index contributed by atoms with van der Waals surface area (Å²) in [5.41, 5.74) is 0.824. The standard InChI is InChI=1S/C15H21ClO2/c1-11(17)13-7-8-15(14(16)9-13)18-10-12-5-3-2-4-6-12/h7-9,11-12,17H,2-6,10H2,1H3/t11-/m1/s1. The Labute approximate surface area is 114 Å². The van der Waals surface area contributed by atoms with Gasteiger partial charge in [0.1, 0.15) is 5.75 Å². The lowest BCUT2D eigenvalue weighted by Crippen LogP contribution is -2.15. The average Bonchev–Trinajstić information content (AvgIpc) is 2.38.